The van der Waals surface area contributed by atoms with Crippen LogP contribution in [-0.2, 0) is 27.4 Å². The lowest BCUT2D eigenvalue weighted by molar-refractivity contribution is -0.137. The first-order valence-electron chi connectivity index (χ1n) is 9.58. The number of aryl methyl sites for hydroxylation is 2. The van der Waals surface area contributed by atoms with E-state index in [0.29, 0.717) is 31.6 Å². The maximum Gasteiger partial charge on any atom is 0.318 e. The van der Waals surface area contributed by atoms with Crippen LogP contribution in [0.1, 0.15) is 27.7 Å². The van der Waals surface area contributed by atoms with Crippen molar-refractivity contribution in [1.29, 1.82) is 0 Å². The van der Waals surface area contributed by atoms with Gasteiger partial charge < -0.3 is 19.7 Å². The van der Waals surface area contributed by atoms with E-state index in [2.05, 4.69) is 10.1 Å². The molecule has 10 heteroatoms. The summed E-state index contributed by atoms with van der Waals surface area (Å²) in [5.41, 5.74) is 2.54. The number of ether oxygens (including phenoxy) is 1. The van der Waals surface area contributed by atoms with Gasteiger partial charge in [0.15, 0.2) is 0 Å². The Labute approximate surface area is 197 Å². The first-order valence-corrected chi connectivity index (χ1v) is 11.7. The standard InChI is InChI=1S/C22H22Cl2N2O5S/c1-12-8-17-15(21(24)20(12)23)9-18(26(17)2)22(29)25-16(10-27)13-4-6-14(7-5-13)32(30)11-19(28)31-3/h4-9,16,27H,10-11H2,1-3H3,(H,25,29)/t16-,32?/m1/s1. The fourth-order valence-electron chi connectivity index (χ4n) is 3.31. The van der Waals surface area contributed by atoms with Crippen molar-refractivity contribution < 1.29 is 23.6 Å². The summed E-state index contributed by atoms with van der Waals surface area (Å²) in [5.74, 6) is -1.21. The number of aliphatic hydroxyl groups is 1. The van der Waals surface area contributed by atoms with E-state index in [1.807, 2.05) is 13.0 Å². The Morgan fingerprint density at radius 3 is 2.44 bits per heavy atom. The number of esters is 1. The molecule has 0 spiro atoms. The van der Waals surface area contributed by atoms with Gasteiger partial charge in [-0.1, -0.05) is 35.3 Å². The number of benzene rings is 2. The predicted octanol–water partition coefficient (Wildman–Crippen LogP) is 3.54. The third-order valence-corrected chi connectivity index (χ3v) is 7.42. The van der Waals surface area contributed by atoms with E-state index in [4.69, 9.17) is 23.2 Å². The fourth-order valence-corrected chi connectivity index (χ4v) is 4.71. The van der Waals surface area contributed by atoms with E-state index in [9.17, 15) is 18.9 Å². The van der Waals surface area contributed by atoms with Crippen molar-refractivity contribution in [2.45, 2.75) is 17.9 Å². The average Bonchev–Trinajstić information content (AvgIpc) is 3.12. The summed E-state index contributed by atoms with van der Waals surface area (Å²) in [4.78, 5) is 24.7. The maximum absolute atomic E-state index is 13.0. The molecule has 0 aliphatic heterocycles. The number of hydrogen-bond donors (Lipinski definition) is 2. The summed E-state index contributed by atoms with van der Waals surface area (Å²) >= 11 is 12.6. The fraction of sp³-hybridized carbons (Fsp3) is 0.273. The number of halogens is 2. The van der Waals surface area contributed by atoms with Crippen LogP contribution in [0.15, 0.2) is 41.3 Å². The molecule has 0 saturated carbocycles. The van der Waals surface area contributed by atoms with Crippen molar-refractivity contribution in [2.75, 3.05) is 19.5 Å². The van der Waals surface area contributed by atoms with Crippen LogP contribution in [-0.4, -0.2) is 45.2 Å². The number of carbonyl (C=O) groups excluding carboxylic acids is 2. The Balaban J connectivity index is 1.82. The summed E-state index contributed by atoms with van der Waals surface area (Å²) < 4.78 is 18.4. The number of carbonyl (C=O) groups is 2. The molecule has 2 aromatic carbocycles. The topological polar surface area (TPSA) is 97.6 Å². The molecule has 0 fully saturated rings. The Morgan fingerprint density at radius 2 is 1.84 bits per heavy atom. The van der Waals surface area contributed by atoms with Gasteiger partial charge in [0.05, 0.1) is 46.1 Å². The van der Waals surface area contributed by atoms with Crippen LogP contribution in [0.5, 0.6) is 0 Å². The van der Waals surface area contributed by atoms with Gasteiger partial charge in [0, 0.05) is 17.3 Å². The zero-order chi connectivity index (χ0) is 23.6. The number of fused-ring (bicyclic) bond motifs is 1. The second kappa shape index (κ2) is 10.0. The van der Waals surface area contributed by atoms with Crippen LogP contribution in [0.25, 0.3) is 10.9 Å². The number of methoxy groups -OCH3 is 1. The van der Waals surface area contributed by atoms with Crippen molar-refractivity contribution >= 4 is 56.8 Å². The molecule has 3 aromatic rings. The second-order valence-corrected chi connectivity index (χ2v) is 9.39. The lowest BCUT2D eigenvalue weighted by Gasteiger charge is -2.17. The van der Waals surface area contributed by atoms with Crippen LogP contribution in [0.4, 0.5) is 0 Å². The van der Waals surface area contributed by atoms with Crippen LogP contribution in [0.3, 0.4) is 0 Å². The molecule has 32 heavy (non-hydrogen) atoms. The molecule has 1 heterocycles. The van der Waals surface area contributed by atoms with Gasteiger partial charge in [0.1, 0.15) is 11.4 Å². The molecule has 1 aromatic heterocycles. The molecule has 7 nitrogen and oxygen atoms in total. The molecular formula is C22H22Cl2N2O5S. The van der Waals surface area contributed by atoms with E-state index in [1.54, 1.807) is 41.9 Å². The molecule has 0 radical (unpaired) electrons. The largest absolute Gasteiger partial charge is 0.468 e. The maximum atomic E-state index is 13.0. The molecule has 0 aliphatic carbocycles. The Morgan fingerprint density at radius 1 is 1.19 bits per heavy atom. The highest BCUT2D eigenvalue weighted by Gasteiger charge is 2.21. The molecule has 170 valence electrons. The Kier molecular flexibility index (Phi) is 7.61. The van der Waals surface area contributed by atoms with E-state index in [1.165, 1.54) is 7.11 Å². The number of aromatic nitrogens is 1. The minimum absolute atomic E-state index is 0.247. The van der Waals surface area contributed by atoms with Crippen LogP contribution < -0.4 is 5.32 Å². The number of nitrogens with one attached hydrogen (secondary N) is 1. The van der Waals surface area contributed by atoms with Crippen molar-refractivity contribution in [3.63, 3.8) is 0 Å². The minimum atomic E-state index is -1.55. The molecule has 0 bridgehead atoms. The van der Waals surface area contributed by atoms with E-state index in [0.717, 1.165) is 11.1 Å². The summed E-state index contributed by atoms with van der Waals surface area (Å²) in [6.45, 7) is 1.50. The first-order chi connectivity index (χ1) is 15.2. The molecule has 2 N–H and O–H groups in total. The third-order valence-electron chi connectivity index (χ3n) is 5.15. The highest BCUT2D eigenvalue weighted by Crippen LogP contribution is 2.35. The number of nitrogens with zero attached hydrogens (tertiary/aromatic N) is 1. The minimum Gasteiger partial charge on any atom is -0.468 e. The van der Waals surface area contributed by atoms with Gasteiger partial charge in [-0.3, -0.25) is 13.8 Å². The molecule has 0 aliphatic rings. The highest BCUT2D eigenvalue weighted by atomic mass is 35.5. The van der Waals surface area contributed by atoms with Crippen molar-refractivity contribution in [3.05, 3.63) is 63.3 Å². The molecule has 2 atom stereocenters. The van der Waals surface area contributed by atoms with Crippen LogP contribution >= 0.6 is 23.2 Å². The van der Waals surface area contributed by atoms with Gasteiger partial charge in [-0.2, -0.15) is 0 Å². The zero-order valence-corrected chi connectivity index (χ0v) is 20.0. The van der Waals surface area contributed by atoms with Gasteiger partial charge in [0.25, 0.3) is 5.91 Å². The number of aliphatic hydroxyl groups excluding tert-OH is 1. The van der Waals surface area contributed by atoms with E-state index in [-0.39, 0.29) is 12.4 Å². The molecular weight excluding hydrogens is 475 g/mol. The quantitative estimate of drug-likeness (QED) is 0.487. The van der Waals surface area contributed by atoms with Gasteiger partial charge in [-0.15, -0.1) is 0 Å². The second-order valence-electron chi connectivity index (χ2n) is 7.19. The van der Waals surface area contributed by atoms with Crippen molar-refractivity contribution in [2.24, 2.45) is 7.05 Å². The molecule has 0 saturated heterocycles. The van der Waals surface area contributed by atoms with Gasteiger partial charge in [0.2, 0.25) is 0 Å². The molecule has 3 rings (SSSR count). The normalized spacial score (nSPS) is 13.1. The average molecular weight is 497 g/mol. The summed E-state index contributed by atoms with van der Waals surface area (Å²) in [6.07, 6.45) is 0. The summed E-state index contributed by atoms with van der Waals surface area (Å²) in [5, 5.41) is 14.1. The van der Waals surface area contributed by atoms with Gasteiger partial charge in [-0.25, -0.2) is 0 Å². The Hall–Kier alpha value is -2.39. The van der Waals surface area contributed by atoms with Crippen LogP contribution in [0, 0.1) is 6.92 Å². The predicted molar refractivity (Wildman–Crippen MR) is 125 cm³/mol. The lowest BCUT2D eigenvalue weighted by Crippen LogP contribution is -2.32. The van der Waals surface area contributed by atoms with Gasteiger partial charge in [-0.05, 0) is 42.3 Å². The zero-order valence-electron chi connectivity index (χ0n) is 17.6. The van der Waals surface area contributed by atoms with E-state index < -0.39 is 28.7 Å². The van der Waals surface area contributed by atoms with Gasteiger partial charge >= 0.3 is 5.97 Å². The smallest absolute Gasteiger partial charge is 0.318 e. The molecule has 1 amide bonds. The highest BCUT2D eigenvalue weighted by molar-refractivity contribution is 7.85. The Bertz CT molecular complexity index is 1210. The lowest BCUT2D eigenvalue weighted by atomic mass is 10.1. The van der Waals surface area contributed by atoms with Crippen molar-refractivity contribution in [1.82, 2.24) is 9.88 Å². The monoisotopic (exact) mass is 496 g/mol. The number of hydrogen-bond acceptors (Lipinski definition) is 5. The van der Waals surface area contributed by atoms with E-state index >= 15 is 0 Å². The van der Waals surface area contributed by atoms with Crippen molar-refractivity contribution in [3.8, 4) is 0 Å². The SMILES string of the molecule is COC(=O)CS(=O)c1ccc([C@@H](CO)NC(=O)c2cc3c(Cl)c(Cl)c(C)cc3n2C)cc1. The van der Waals surface area contributed by atoms with Crippen LogP contribution in [0.2, 0.25) is 10.0 Å². The summed E-state index contributed by atoms with van der Waals surface area (Å²) in [6, 6.07) is 9.29. The third kappa shape index (κ3) is 4.83. The molecule has 1 unspecified atom stereocenters. The number of rotatable bonds is 7. The number of amides is 1. The summed E-state index contributed by atoms with van der Waals surface area (Å²) in [7, 11) is 1.44. The first kappa shape index (κ1) is 24.3.